The van der Waals surface area contributed by atoms with Gasteiger partial charge in [-0.1, -0.05) is 47.5 Å². The fourth-order valence-corrected chi connectivity index (χ4v) is 2.95. The zero-order valence-corrected chi connectivity index (χ0v) is 15.4. The van der Waals surface area contributed by atoms with Gasteiger partial charge in [0.2, 0.25) is 0 Å². The molecule has 1 amide bonds. The third-order valence-electron chi connectivity index (χ3n) is 3.76. The highest BCUT2D eigenvalue weighted by Crippen LogP contribution is 2.21. The molecule has 0 fully saturated rings. The first-order valence-corrected chi connectivity index (χ1v) is 8.88. The number of amides is 1. The predicted octanol–water partition coefficient (Wildman–Crippen LogP) is 5.30. The van der Waals surface area contributed by atoms with Crippen LogP contribution in [0.15, 0.2) is 66.9 Å². The van der Waals surface area contributed by atoms with Crippen molar-refractivity contribution in [3.63, 3.8) is 0 Å². The van der Waals surface area contributed by atoms with Gasteiger partial charge in [0, 0.05) is 34.2 Å². The van der Waals surface area contributed by atoms with Crippen molar-refractivity contribution < 1.29 is 4.79 Å². The van der Waals surface area contributed by atoms with E-state index in [1.54, 1.807) is 18.3 Å². The quantitative estimate of drug-likeness (QED) is 0.605. The van der Waals surface area contributed by atoms with Crippen LogP contribution in [0, 0.1) is 0 Å². The first-order chi connectivity index (χ1) is 12.6. The standard InChI is InChI=1S/C20H17Cl2N3O/c21-15-7-6-14(18(22)12-15)8-10-23-17-9-11-24-19(13-17)20(26)25-16-4-2-1-3-5-16/h1-7,9,11-13H,8,10H2,(H,23,24)(H,25,26). The third kappa shape index (κ3) is 4.97. The van der Waals surface area contributed by atoms with Gasteiger partial charge in [0.05, 0.1) is 0 Å². The van der Waals surface area contributed by atoms with Crippen LogP contribution in [-0.2, 0) is 6.42 Å². The molecule has 0 radical (unpaired) electrons. The zero-order chi connectivity index (χ0) is 18.4. The molecule has 0 saturated heterocycles. The molecule has 1 heterocycles. The topological polar surface area (TPSA) is 54.0 Å². The molecule has 1 aromatic heterocycles. The fourth-order valence-electron chi connectivity index (χ4n) is 2.45. The minimum atomic E-state index is -0.249. The van der Waals surface area contributed by atoms with E-state index in [1.807, 2.05) is 48.5 Å². The van der Waals surface area contributed by atoms with Gasteiger partial charge in [-0.25, -0.2) is 0 Å². The van der Waals surface area contributed by atoms with Gasteiger partial charge in [0.1, 0.15) is 5.69 Å². The van der Waals surface area contributed by atoms with E-state index in [0.717, 1.165) is 23.4 Å². The highest BCUT2D eigenvalue weighted by atomic mass is 35.5. The summed E-state index contributed by atoms with van der Waals surface area (Å²) in [4.78, 5) is 16.4. The molecule has 0 aliphatic heterocycles. The van der Waals surface area contributed by atoms with Crippen molar-refractivity contribution in [1.82, 2.24) is 4.98 Å². The number of anilines is 2. The van der Waals surface area contributed by atoms with Gasteiger partial charge in [-0.3, -0.25) is 9.78 Å². The first kappa shape index (κ1) is 18.2. The lowest BCUT2D eigenvalue weighted by Crippen LogP contribution is -2.14. The first-order valence-electron chi connectivity index (χ1n) is 8.12. The molecule has 4 nitrogen and oxygen atoms in total. The van der Waals surface area contributed by atoms with E-state index in [-0.39, 0.29) is 5.91 Å². The Kier molecular flexibility index (Phi) is 6.10. The maximum atomic E-state index is 12.3. The molecule has 132 valence electrons. The number of rotatable bonds is 6. The van der Waals surface area contributed by atoms with Crippen LogP contribution in [0.1, 0.15) is 16.1 Å². The average molecular weight is 386 g/mol. The number of nitrogens with one attached hydrogen (secondary N) is 2. The second kappa shape index (κ2) is 8.70. The molecular formula is C20H17Cl2N3O. The monoisotopic (exact) mass is 385 g/mol. The highest BCUT2D eigenvalue weighted by Gasteiger charge is 2.08. The van der Waals surface area contributed by atoms with Crippen molar-refractivity contribution in [2.75, 3.05) is 17.2 Å². The number of para-hydroxylation sites is 1. The summed E-state index contributed by atoms with van der Waals surface area (Å²) in [5, 5.41) is 7.37. The summed E-state index contributed by atoms with van der Waals surface area (Å²) in [6.45, 7) is 0.672. The molecule has 0 bridgehead atoms. The number of aromatic nitrogens is 1. The number of hydrogen-bond donors (Lipinski definition) is 2. The molecule has 3 aromatic rings. The minimum absolute atomic E-state index is 0.249. The van der Waals surface area contributed by atoms with Crippen LogP contribution in [0.3, 0.4) is 0 Å². The van der Waals surface area contributed by atoms with Crippen molar-refractivity contribution in [3.8, 4) is 0 Å². The molecule has 6 heteroatoms. The summed E-state index contributed by atoms with van der Waals surface area (Å²) < 4.78 is 0. The highest BCUT2D eigenvalue weighted by molar-refractivity contribution is 6.35. The Bertz CT molecular complexity index is 901. The Hall–Kier alpha value is -2.56. The normalized spacial score (nSPS) is 10.4. The van der Waals surface area contributed by atoms with Crippen LogP contribution in [0.4, 0.5) is 11.4 Å². The van der Waals surface area contributed by atoms with Crippen LogP contribution >= 0.6 is 23.2 Å². The van der Waals surface area contributed by atoms with Crippen LogP contribution in [-0.4, -0.2) is 17.4 Å². The maximum absolute atomic E-state index is 12.3. The van der Waals surface area contributed by atoms with Crippen molar-refractivity contribution in [2.45, 2.75) is 6.42 Å². The lowest BCUT2D eigenvalue weighted by Gasteiger charge is -2.09. The Morgan fingerprint density at radius 3 is 2.54 bits per heavy atom. The lowest BCUT2D eigenvalue weighted by molar-refractivity contribution is 0.102. The van der Waals surface area contributed by atoms with Crippen LogP contribution in [0.2, 0.25) is 10.0 Å². The van der Waals surface area contributed by atoms with Crippen LogP contribution in [0.25, 0.3) is 0 Å². The van der Waals surface area contributed by atoms with Gasteiger partial charge >= 0.3 is 0 Å². The van der Waals surface area contributed by atoms with E-state index in [0.29, 0.717) is 22.3 Å². The third-order valence-corrected chi connectivity index (χ3v) is 4.35. The molecule has 0 aliphatic rings. The smallest absolute Gasteiger partial charge is 0.274 e. The molecular weight excluding hydrogens is 369 g/mol. The molecule has 2 N–H and O–H groups in total. The zero-order valence-electron chi connectivity index (χ0n) is 13.9. The minimum Gasteiger partial charge on any atom is -0.385 e. The molecule has 26 heavy (non-hydrogen) atoms. The Morgan fingerprint density at radius 2 is 1.77 bits per heavy atom. The Morgan fingerprint density at radius 1 is 0.962 bits per heavy atom. The maximum Gasteiger partial charge on any atom is 0.274 e. The second-order valence-electron chi connectivity index (χ2n) is 5.66. The molecule has 0 spiro atoms. The number of nitrogens with zero attached hydrogens (tertiary/aromatic N) is 1. The number of carbonyl (C=O) groups excluding carboxylic acids is 1. The number of halogens is 2. The largest absolute Gasteiger partial charge is 0.385 e. The van der Waals surface area contributed by atoms with E-state index in [1.165, 1.54) is 0 Å². The van der Waals surface area contributed by atoms with Crippen molar-refractivity contribution in [3.05, 3.63) is 88.2 Å². The van der Waals surface area contributed by atoms with Gasteiger partial charge < -0.3 is 10.6 Å². The molecule has 0 atom stereocenters. The van der Waals surface area contributed by atoms with E-state index >= 15 is 0 Å². The predicted molar refractivity (Wildman–Crippen MR) is 107 cm³/mol. The summed E-state index contributed by atoms with van der Waals surface area (Å²) in [5.41, 5.74) is 2.92. The van der Waals surface area contributed by atoms with Crippen LogP contribution < -0.4 is 10.6 Å². The lowest BCUT2D eigenvalue weighted by atomic mass is 10.1. The Labute approximate surface area is 162 Å². The van der Waals surface area contributed by atoms with Crippen LogP contribution in [0.5, 0.6) is 0 Å². The summed E-state index contributed by atoms with van der Waals surface area (Å²) in [7, 11) is 0. The molecule has 0 saturated carbocycles. The summed E-state index contributed by atoms with van der Waals surface area (Å²) in [6.07, 6.45) is 2.35. The van der Waals surface area contributed by atoms with Crippen molar-refractivity contribution in [2.24, 2.45) is 0 Å². The van der Waals surface area contributed by atoms with Gasteiger partial charge in [-0.15, -0.1) is 0 Å². The van der Waals surface area contributed by atoms with Gasteiger partial charge in [0.15, 0.2) is 0 Å². The van der Waals surface area contributed by atoms with Gasteiger partial charge in [-0.05, 0) is 48.4 Å². The summed E-state index contributed by atoms with van der Waals surface area (Å²) in [5.74, 6) is -0.249. The van der Waals surface area contributed by atoms with Crippen molar-refractivity contribution >= 4 is 40.5 Å². The molecule has 0 unspecified atom stereocenters. The SMILES string of the molecule is O=C(Nc1ccccc1)c1cc(NCCc2ccc(Cl)cc2Cl)ccn1. The second-order valence-corrected chi connectivity index (χ2v) is 6.51. The summed E-state index contributed by atoms with van der Waals surface area (Å²) >= 11 is 12.1. The fraction of sp³-hybridized carbons (Fsp3) is 0.100. The molecule has 3 rings (SSSR count). The number of benzene rings is 2. The molecule has 0 aliphatic carbocycles. The van der Waals surface area contributed by atoms with E-state index in [2.05, 4.69) is 15.6 Å². The number of carbonyl (C=O) groups is 1. The van der Waals surface area contributed by atoms with E-state index < -0.39 is 0 Å². The van der Waals surface area contributed by atoms with Crippen molar-refractivity contribution in [1.29, 1.82) is 0 Å². The van der Waals surface area contributed by atoms with E-state index in [4.69, 9.17) is 23.2 Å². The molecule has 2 aromatic carbocycles. The Balaban J connectivity index is 1.59. The van der Waals surface area contributed by atoms with Gasteiger partial charge in [-0.2, -0.15) is 0 Å². The van der Waals surface area contributed by atoms with E-state index in [9.17, 15) is 4.79 Å². The number of pyridine rings is 1. The summed E-state index contributed by atoms with van der Waals surface area (Å²) in [6, 6.07) is 18.3. The van der Waals surface area contributed by atoms with Gasteiger partial charge in [0.25, 0.3) is 5.91 Å². The average Bonchev–Trinajstić information content (AvgIpc) is 2.64. The number of hydrogen-bond acceptors (Lipinski definition) is 3.